The van der Waals surface area contributed by atoms with Crippen LogP contribution >= 0.6 is 0 Å². The number of nitrogens with one attached hydrogen (secondary N) is 2. The van der Waals surface area contributed by atoms with Crippen molar-refractivity contribution in [3.05, 3.63) is 23.9 Å². The Hall–Kier alpha value is -1.82. The molecule has 0 aliphatic carbocycles. The van der Waals surface area contributed by atoms with E-state index in [2.05, 4.69) is 34.5 Å². The average molecular weight is 306 g/mol. The van der Waals surface area contributed by atoms with E-state index in [0.29, 0.717) is 12.4 Å². The summed E-state index contributed by atoms with van der Waals surface area (Å²) < 4.78 is 10.8. The van der Waals surface area contributed by atoms with Crippen molar-refractivity contribution in [3.8, 4) is 5.88 Å². The fourth-order valence-electron chi connectivity index (χ4n) is 2.38. The minimum absolute atomic E-state index is 0.0855. The maximum Gasteiger partial charge on any atom is 0.212 e. The highest BCUT2D eigenvalue weighted by Crippen LogP contribution is 2.23. The molecule has 122 valence electrons. The lowest BCUT2D eigenvalue weighted by Crippen LogP contribution is -2.45. The van der Waals surface area contributed by atoms with Crippen molar-refractivity contribution in [2.75, 3.05) is 26.8 Å². The number of hydrogen-bond donors (Lipinski definition) is 2. The van der Waals surface area contributed by atoms with Crippen LogP contribution in [0.3, 0.4) is 0 Å². The van der Waals surface area contributed by atoms with Crippen molar-refractivity contribution in [3.63, 3.8) is 0 Å². The van der Waals surface area contributed by atoms with Crippen molar-refractivity contribution < 1.29 is 9.47 Å². The molecule has 2 heterocycles. The van der Waals surface area contributed by atoms with Crippen molar-refractivity contribution in [1.82, 2.24) is 15.6 Å². The zero-order valence-electron chi connectivity index (χ0n) is 13.7. The number of rotatable bonds is 6. The summed E-state index contributed by atoms with van der Waals surface area (Å²) in [6.07, 6.45) is 4.00. The summed E-state index contributed by atoms with van der Waals surface area (Å²) in [5.41, 5.74) is 0.957. The minimum Gasteiger partial charge on any atom is -0.481 e. The lowest BCUT2D eigenvalue weighted by atomic mass is 10.0. The minimum atomic E-state index is -0.0855. The van der Waals surface area contributed by atoms with Crippen molar-refractivity contribution in [2.45, 2.75) is 38.8 Å². The van der Waals surface area contributed by atoms with Crippen LogP contribution in [0.25, 0.3) is 0 Å². The molecule has 1 aromatic heterocycles. The van der Waals surface area contributed by atoms with E-state index in [9.17, 15) is 0 Å². The van der Waals surface area contributed by atoms with Crippen molar-refractivity contribution in [2.24, 2.45) is 4.99 Å². The molecule has 1 fully saturated rings. The van der Waals surface area contributed by atoms with Gasteiger partial charge in [-0.2, -0.15) is 0 Å². The summed E-state index contributed by atoms with van der Waals surface area (Å²) >= 11 is 0. The Kier molecular flexibility index (Phi) is 6.00. The maximum atomic E-state index is 5.79. The smallest absolute Gasteiger partial charge is 0.212 e. The van der Waals surface area contributed by atoms with Crippen LogP contribution in [0.2, 0.25) is 0 Å². The van der Waals surface area contributed by atoms with Crippen LogP contribution in [0, 0.1) is 0 Å². The Morgan fingerprint density at radius 1 is 1.45 bits per heavy atom. The number of aromatic nitrogens is 1. The van der Waals surface area contributed by atoms with Crippen LogP contribution in [0.4, 0.5) is 0 Å². The van der Waals surface area contributed by atoms with Gasteiger partial charge in [0.15, 0.2) is 5.96 Å². The van der Waals surface area contributed by atoms with E-state index in [1.165, 1.54) is 0 Å². The number of aliphatic imine (C=N–C) groups is 1. The lowest BCUT2D eigenvalue weighted by molar-refractivity contribution is 0.0243. The summed E-state index contributed by atoms with van der Waals surface area (Å²) in [7, 11) is 1.61. The Morgan fingerprint density at radius 2 is 2.32 bits per heavy atom. The number of guanidine groups is 1. The molecular weight excluding hydrogens is 280 g/mol. The fourth-order valence-corrected chi connectivity index (χ4v) is 2.38. The lowest BCUT2D eigenvalue weighted by Gasteiger charge is -2.24. The quantitative estimate of drug-likeness (QED) is 0.619. The van der Waals surface area contributed by atoms with Crippen LogP contribution in [-0.4, -0.2) is 43.4 Å². The molecule has 1 atom stereocenters. The van der Waals surface area contributed by atoms with E-state index in [1.54, 1.807) is 13.3 Å². The van der Waals surface area contributed by atoms with E-state index >= 15 is 0 Å². The highest BCUT2D eigenvalue weighted by atomic mass is 16.5. The van der Waals surface area contributed by atoms with E-state index < -0.39 is 0 Å². The molecule has 0 bridgehead atoms. The van der Waals surface area contributed by atoms with Gasteiger partial charge in [-0.25, -0.2) is 9.98 Å². The van der Waals surface area contributed by atoms with E-state index in [1.807, 2.05) is 12.1 Å². The highest BCUT2D eigenvalue weighted by molar-refractivity contribution is 5.79. The Balaban J connectivity index is 1.90. The summed E-state index contributed by atoms with van der Waals surface area (Å²) in [4.78, 5) is 8.78. The van der Waals surface area contributed by atoms with Crippen LogP contribution in [-0.2, 0) is 11.3 Å². The van der Waals surface area contributed by atoms with E-state index in [0.717, 1.165) is 44.1 Å². The fraction of sp³-hybridized carbons (Fsp3) is 0.625. The van der Waals surface area contributed by atoms with Gasteiger partial charge in [0.05, 0.1) is 19.3 Å². The number of methoxy groups -OCH3 is 1. The maximum absolute atomic E-state index is 5.79. The zero-order valence-corrected chi connectivity index (χ0v) is 13.7. The third kappa shape index (κ3) is 4.87. The van der Waals surface area contributed by atoms with Gasteiger partial charge in [-0.1, -0.05) is 6.07 Å². The molecule has 1 unspecified atom stereocenters. The monoisotopic (exact) mass is 306 g/mol. The molecule has 1 aromatic rings. The number of nitrogens with zero attached hydrogens (tertiary/aromatic N) is 2. The van der Waals surface area contributed by atoms with Crippen LogP contribution in [0.1, 0.15) is 32.3 Å². The molecule has 1 aliphatic heterocycles. The topological polar surface area (TPSA) is 67.8 Å². The van der Waals surface area contributed by atoms with Gasteiger partial charge < -0.3 is 20.1 Å². The zero-order chi connectivity index (χ0) is 15.8. The van der Waals surface area contributed by atoms with Gasteiger partial charge in [0.2, 0.25) is 5.88 Å². The summed E-state index contributed by atoms with van der Waals surface area (Å²) in [5.74, 6) is 1.42. The molecule has 2 rings (SSSR count). The van der Waals surface area contributed by atoms with Crippen molar-refractivity contribution >= 4 is 5.96 Å². The van der Waals surface area contributed by atoms with Gasteiger partial charge in [-0.15, -0.1) is 0 Å². The predicted octanol–water partition coefficient (Wildman–Crippen LogP) is 1.71. The van der Waals surface area contributed by atoms with Gasteiger partial charge >= 0.3 is 0 Å². The summed E-state index contributed by atoms with van der Waals surface area (Å²) in [5, 5.41) is 6.62. The van der Waals surface area contributed by atoms with E-state index in [4.69, 9.17) is 9.47 Å². The van der Waals surface area contributed by atoms with Gasteiger partial charge in [0.25, 0.3) is 0 Å². The van der Waals surface area contributed by atoms with E-state index in [-0.39, 0.29) is 5.60 Å². The third-order valence-corrected chi connectivity index (χ3v) is 3.70. The predicted molar refractivity (Wildman–Crippen MR) is 87.2 cm³/mol. The highest BCUT2D eigenvalue weighted by Gasteiger charge is 2.29. The van der Waals surface area contributed by atoms with Gasteiger partial charge in [0, 0.05) is 32.0 Å². The average Bonchev–Trinajstić information content (AvgIpc) is 2.98. The Morgan fingerprint density at radius 3 is 2.91 bits per heavy atom. The van der Waals surface area contributed by atoms with Crippen LogP contribution < -0.4 is 15.4 Å². The molecule has 6 nitrogen and oxygen atoms in total. The molecule has 0 amide bonds. The SMILES string of the molecule is CCNC(=NCc1ccc(OC)nc1)NCC1(C)CCCO1. The largest absolute Gasteiger partial charge is 0.481 e. The summed E-state index contributed by atoms with van der Waals surface area (Å²) in [6, 6.07) is 3.82. The number of pyridine rings is 1. The molecule has 0 spiro atoms. The first-order chi connectivity index (χ1) is 10.6. The Bertz CT molecular complexity index is 481. The molecule has 1 aliphatic rings. The first kappa shape index (κ1) is 16.5. The second-order valence-corrected chi connectivity index (χ2v) is 5.66. The van der Waals surface area contributed by atoms with Crippen LogP contribution in [0.15, 0.2) is 23.3 Å². The standard InChI is InChI=1S/C16H26N4O2/c1-4-17-15(20-12-16(2)8-5-9-22-16)19-11-13-6-7-14(21-3)18-10-13/h6-7,10H,4-5,8-9,11-12H2,1-3H3,(H2,17,19,20). The van der Waals surface area contributed by atoms with Gasteiger partial charge in [-0.3, -0.25) is 0 Å². The summed E-state index contributed by atoms with van der Waals surface area (Å²) in [6.45, 7) is 7.21. The molecule has 2 N–H and O–H groups in total. The molecule has 22 heavy (non-hydrogen) atoms. The van der Waals surface area contributed by atoms with Crippen molar-refractivity contribution in [1.29, 1.82) is 0 Å². The first-order valence-corrected chi connectivity index (χ1v) is 7.80. The molecule has 1 saturated heterocycles. The molecule has 0 saturated carbocycles. The second-order valence-electron chi connectivity index (χ2n) is 5.66. The van der Waals surface area contributed by atoms with Gasteiger partial charge in [-0.05, 0) is 32.3 Å². The molecule has 0 radical (unpaired) electrons. The van der Waals surface area contributed by atoms with Gasteiger partial charge in [0.1, 0.15) is 0 Å². The molecular formula is C16H26N4O2. The molecule has 0 aromatic carbocycles. The molecule has 6 heteroatoms. The first-order valence-electron chi connectivity index (χ1n) is 7.80. The third-order valence-electron chi connectivity index (χ3n) is 3.70. The second kappa shape index (κ2) is 7.98. The number of ether oxygens (including phenoxy) is 2. The number of hydrogen-bond acceptors (Lipinski definition) is 4. The van der Waals surface area contributed by atoms with Crippen LogP contribution in [0.5, 0.6) is 5.88 Å². The Labute approximate surface area is 132 Å². The normalized spacial score (nSPS) is 21.7.